The van der Waals surface area contributed by atoms with E-state index >= 15 is 0 Å². The van der Waals surface area contributed by atoms with E-state index in [-0.39, 0.29) is 11.6 Å². The number of nitrogens with zero attached hydrogens (tertiary/aromatic N) is 1. The Morgan fingerprint density at radius 2 is 1.24 bits per heavy atom. The normalized spacial score (nSPS) is 11.4. The molecule has 0 spiro atoms. The van der Waals surface area contributed by atoms with Crippen LogP contribution in [0.1, 0.15) is 20.8 Å². The predicted molar refractivity (Wildman–Crippen MR) is 100 cm³/mol. The van der Waals surface area contributed by atoms with Gasteiger partial charge in [-0.1, -0.05) is 48.5 Å². The molecule has 0 N–H and O–H groups in total. The lowest BCUT2D eigenvalue weighted by atomic mass is 9.99. The molecule has 0 atom stereocenters. The second-order valence-electron chi connectivity index (χ2n) is 6.99. The van der Waals surface area contributed by atoms with E-state index in [0.29, 0.717) is 11.4 Å². The molecule has 0 amide bonds. The van der Waals surface area contributed by atoms with Gasteiger partial charge in [0, 0.05) is 5.54 Å². The molecule has 128 valence electrons. The molecule has 3 aromatic rings. The molecule has 0 fully saturated rings. The van der Waals surface area contributed by atoms with E-state index in [1.807, 2.05) is 51.1 Å². The lowest BCUT2D eigenvalue weighted by Gasteiger charge is -2.38. The highest BCUT2D eigenvalue weighted by Gasteiger charge is 2.28. The lowest BCUT2D eigenvalue weighted by molar-refractivity contribution is 0.527. The first kappa shape index (κ1) is 17.2. The Morgan fingerprint density at radius 1 is 0.640 bits per heavy atom. The van der Waals surface area contributed by atoms with Crippen LogP contribution in [0.5, 0.6) is 0 Å². The van der Waals surface area contributed by atoms with E-state index in [4.69, 9.17) is 0 Å². The fraction of sp³-hybridized carbons (Fsp3) is 0.182. The number of benzene rings is 3. The number of halogens is 2. The molecule has 0 heterocycles. The van der Waals surface area contributed by atoms with Crippen LogP contribution in [0.3, 0.4) is 0 Å². The number of rotatable bonds is 3. The molecule has 0 aromatic heterocycles. The highest BCUT2D eigenvalue weighted by atomic mass is 19.1. The first-order chi connectivity index (χ1) is 11.9. The quantitative estimate of drug-likeness (QED) is 0.522. The molecule has 1 nitrogen and oxygen atoms in total. The molecule has 0 saturated heterocycles. The van der Waals surface area contributed by atoms with Crippen LogP contribution >= 0.6 is 0 Å². The van der Waals surface area contributed by atoms with Crippen LogP contribution in [0.2, 0.25) is 0 Å². The Bertz CT molecular complexity index is 867. The minimum absolute atomic E-state index is 0.360. The Kier molecular flexibility index (Phi) is 4.58. The smallest absolute Gasteiger partial charge is 0.146 e. The lowest BCUT2D eigenvalue weighted by Crippen LogP contribution is -2.38. The first-order valence-corrected chi connectivity index (χ1v) is 8.27. The molecule has 25 heavy (non-hydrogen) atoms. The van der Waals surface area contributed by atoms with Gasteiger partial charge in [0.2, 0.25) is 0 Å². The van der Waals surface area contributed by atoms with E-state index in [1.165, 1.54) is 12.1 Å². The van der Waals surface area contributed by atoms with Crippen LogP contribution in [0.4, 0.5) is 20.2 Å². The standard InChI is InChI=1S/C22H21F2N/c1-22(2,3)25(20-12-8-7-11-18(20)23)21-15-17(13-14-19(21)24)16-9-5-4-6-10-16/h4-15H,1-3H3. The average molecular weight is 337 g/mol. The highest BCUT2D eigenvalue weighted by Crippen LogP contribution is 2.38. The Balaban J connectivity index is 2.19. The summed E-state index contributed by atoms with van der Waals surface area (Å²) in [7, 11) is 0. The zero-order valence-corrected chi connectivity index (χ0v) is 14.6. The summed E-state index contributed by atoms with van der Waals surface area (Å²) in [4.78, 5) is 1.71. The summed E-state index contributed by atoms with van der Waals surface area (Å²) in [5.74, 6) is -0.750. The Labute approximate surface area is 147 Å². The van der Waals surface area contributed by atoms with Gasteiger partial charge in [0.1, 0.15) is 11.6 Å². The molecular weight excluding hydrogens is 316 g/mol. The maximum Gasteiger partial charge on any atom is 0.146 e. The van der Waals surface area contributed by atoms with E-state index < -0.39 is 5.54 Å². The third-order valence-electron chi connectivity index (χ3n) is 4.06. The number of hydrogen-bond acceptors (Lipinski definition) is 1. The highest BCUT2D eigenvalue weighted by molar-refractivity contribution is 5.74. The monoisotopic (exact) mass is 337 g/mol. The summed E-state index contributed by atoms with van der Waals surface area (Å²) < 4.78 is 29.2. The van der Waals surface area contributed by atoms with Crippen LogP contribution in [0.15, 0.2) is 72.8 Å². The van der Waals surface area contributed by atoms with Gasteiger partial charge < -0.3 is 4.90 Å². The van der Waals surface area contributed by atoms with E-state index in [2.05, 4.69) is 0 Å². The van der Waals surface area contributed by atoms with Gasteiger partial charge in [-0.3, -0.25) is 0 Å². The number of hydrogen-bond donors (Lipinski definition) is 0. The number of anilines is 2. The van der Waals surface area contributed by atoms with Crippen LogP contribution in [-0.2, 0) is 0 Å². The van der Waals surface area contributed by atoms with Crippen molar-refractivity contribution in [2.45, 2.75) is 26.3 Å². The van der Waals surface area contributed by atoms with Crippen LogP contribution < -0.4 is 4.90 Å². The van der Waals surface area contributed by atoms with Gasteiger partial charge in [0.05, 0.1) is 11.4 Å². The molecule has 0 unspecified atom stereocenters. The molecule has 3 aromatic carbocycles. The maximum atomic E-state index is 14.7. The summed E-state index contributed by atoms with van der Waals surface area (Å²) in [6.07, 6.45) is 0. The average Bonchev–Trinajstić information content (AvgIpc) is 2.58. The SMILES string of the molecule is CC(C)(C)N(c1ccccc1F)c1cc(-c2ccccc2)ccc1F. The molecule has 0 bridgehead atoms. The minimum Gasteiger partial charge on any atom is -0.331 e. The summed E-state index contributed by atoms with van der Waals surface area (Å²) in [5.41, 5.74) is 2.10. The molecular formula is C22H21F2N. The van der Waals surface area contributed by atoms with Crippen molar-refractivity contribution < 1.29 is 8.78 Å². The molecule has 0 aliphatic rings. The molecule has 0 radical (unpaired) electrons. The Hall–Kier alpha value is -2.68. The van der Waals surface area contributed by atoms with Gasteiger partial charge in [0.15, 0.2) is 0 Å². The summed E-state index contributed by atoms with van der Waals surface area (Å²) in [6.45, 7) is 5.82. The van der Waals surface area contributed by atoms with Crippen molar-refractivity contribution in [2.75, 3.05) is 4.90 Å². The first-order valence-electron chi connectivity index (χ1n) is 8.27. The second kappa shape index (κ2) is 6.67. The van der Waals surface area contributed by atoms with Crippen molar-refractivity contribution in [3.63, 3.8) is 0 Å². The summed E-state index contributed by atoms with van der Waals surface area (Å²) >= 11 is 0. The topological polar surface area (TPSA) is 3.24 Å². The minimum atomic E-state index is -0.502. The van der Waals surface area contributed by atoms with E-state index in [9.17, 15) is 8.78 Å². The largest absolute Gasteiger partial charge is 0.331 e. The van der Waals surface area contributed by atoms with Gasteiger partial charge in [-0.25, -0.2) is 8.78 Å². The van der Waals surface area contributed by atoms with Crippen molar-refractivity contribution >= 4 is 11.4 Å². The summed E-state index contributed by atoms with van der Waals surface area (Å²) in [5, 5.41) is 0. The molecule has 3 rings (SSSR count). The third kappa shape index (κ3) is 3.55. The van der Waals surface area contributed by atoms with Crippen molar-refractivity contribution in [2.24, 2.45) is 0 Å². The zero-order chi connectivity index (χ0) is 18.0. The summed E-state index contributed by atoms with van der Waals surface area (Å²) in [6, 6.07) is 21.2. The predicted octanol–water partition coefficient (Wildman–Crippen LogP) is 6.57. The van der Waals surface area contributed by atoms with E-state index in [0.717, 1.165) is 11.1 Å². The molecule has 0 saturated carbocycles. The van der Waals surface area contributed by atoms with Crippen molar-refractivity contribution in [1.29, 1.82) is 0 Å². The van der Waals surface area contributed by atoms with Crippen molar-refractivity contribution in [3.8, 4) is 11.1 Å². The zero-order valence-electron chi connectivity index (χ0n) is 14.6. The van der Waals surface area contributed by atoms with Gasteiger partial charge in [0.25, 0.3) is 0 Å². The fourth-order valence-electron chi connectivity index (χ4n) is 2.98. The van der Waals surface area contributed by atoms with Gasteiger partial charge in [-0.15, -0.1) is 0 Å². The maximum absolute atomic E-state index is 14.7. The van der Waals surface area contributed by atoms with E-state index in [1.54, 1.807) is 35.2 Å². The van der Waals surface area contributed by atoms with Gasteiger partial charge in [-0.2, -0.15) is 0 Å². The van der Waals surface area contributed by atoms with Crippen LogP contribution in [0.25, 0.3) is 11.1 Å². The van der Waals surface area contributed by atoms with Gasteiger partial charge in [-0.05, 0) is 56.2 Å². The molecule has 0 aliphatic heterocycles. The molecule has 3 heteroatoms. The van der Waals surface area contributed by atoms with Crippen LogP contribution in [0, 0.1) is 11.6 Å². The van der Waals surface area contributed by atoms with Crippen LogP contribution in [-0.4, -0.2) is 5.54 Å². The van der Waals surface area contributed by atoms with Crippen molar-refractivity contribution in [3.05, 3.63) is 84.4 Å². The van der Waals surface area contributed by atoms with Gasteiger partial charge >= 0.3 is 0 Å². The number of para-hydroxylation sites is 1. The second-order valence-corrected chi connectivity index (χ2v) is 6.99. The molecule has 0 aliphatic carbocycles. The van der Waals surface area contributed by atoms with Crippen molar-refractivity contribution in [1.82, 2.24) is 0 Å². The third-order valence-corrected chi connectivity index (χ3v) is 4.06. The fourth-order valence-corrected chi connectivity index (χ4v) is 2.98. The Morgan fingerprint density at radius 3 is 1.88 bits per heavy atom.